The van der Waals surface area contributed by atoms with Crippen LogP contribution in [0.2, 0.25) is 0 Å². The lowest BCUT2D eigenvalue weighted by Gasteiger charge is -2.33. The van der Waals surface area contributed by atoms with Crippen LogP contribution >= 0.6 is 0 Å². The van der Waals surface area contributed by atoms with Gasteiger partial charge in [-0.25, -0.2) is 0 Å². The molecule has 1 saturated heterocycles. The lowest BCUT2D eigenvalue weighted by Crippen LogP contribution is -2.58. The molecule has 0 aliphatic carbocycles. The Balaban J connectivity index is 2.36. The second-order valence-electron chi connectivity index (χ2n) is 5.23. The number of carbonyl (C=O) groups excluding carboxylic acids is 1. The molecule has 100 valence electrons. The molecule has 1 fully saturated rings. The first-order valence-electron chi connectivity index (χ1n) is 6.26. The van der Waals surface area contributed by atoms with Gasteiger partial charge in [-0.05, 0) is 46.8 Å². The predicted molar refractivity (Wildman–Crippen MR) is 67.7 cm³/mol. The molecular weight excluding hydrogens is 218 g/mol. The van der Waals surface area contributed by atoms with E-state index in [1.165, 1.54) is 0 Å². The minimum Gasteiger partial charge on any atom is -0.381 e. The van der Waals surface area contributed by atoms with Crippen LogP contribution in [0.3, 0.4) is 0 Å². The topological polar surface area (TPSA) is 67.6 Å². The molecule has 5 heteroatoms. The maximum atomic E-state index is 12.1. The number of nitrogens with one attached hydrogen (secondary N) is 1. The van der Waals surface area contributed by atoms with Crippen molar-refractivity contribution in [2.45, 2.75) is 37.8 Å². The van der Waals surface area contributed by atoms with Crippen molar-refractivity contribution < 1.29 is 9.53 Å². The van der Waals surface area contributed by atoms with Gasteiger partial charge in [0.05, 0.1) is 5.54 Å². The fraction of sp³-hybridized carbons (Fsp3) is 0.917. The molecule has 3 N–H and O–H groups in total. The predicted octanol–water partition coefficient (Wildman–Crippen LogP) is -0.0493. The quantitative estimate of drug-likeness (QED) is 0.710. The summed E-state index contributed by atoms with van der Waals surface area (Å²) in [7, 11) is 4.05. The van der Waals surface area contributed by atoms with E-state index >= 15 is 0 Å². The van der Waals surface area contributed by atoms with E-state index < -0.39 is 5.54 Å². The van der Waals surface area contributed by atoms with E-state index in [2.05, 4.69) is 10.2 Å². The lowest BCUT2D eigenvalue weighted by molar-refractivity contribution is -0.130. The Morgan fingerprint density at radius 1 is 1.47 bits per heavy atom. The zero-order chi connectivity index (χ0) is 12.9. The van der Waals surface area contributed by atoms with Gasteiger partial charge in [0.2, 0.25) is 5.91 Å². The van der Waals surface area contributed by atoms with Gasteiger partial charge in [-0.3, -0.25) is 4.79 Å². The van der Waals surface area contributed by atoms with Gasteiger partial charge >= 0.3 is 0 Å². The molecule has 0 saturated carbocycles. The van der Waals surface area contributed by atoms with Crippen molar-refractivity contribution in [2.24, 2.45) is 5.73 Å². The summed E-state index contributed by atoms with van der Waals surface area (Å²) in [5.41, 5.74) is 5.37. The Hall–Kier alpha value is -0.650. The summed E-state index contributed by atoms with van der Waals surface area (Å²) >= 11 is 0. The first kappa shape index (κ1) is 14.4. The molecule has 0 aromatic rings. The second-order valence-corrected chi connectivity index (χ2v) is 5.23. The van der Waals surface area contributed by atoms with Crippen molar-refractivity contribution in [3.63, 3.8) is 0 Å². The van der Waals surface area contributed by atoms with Gasteiger partial charge in [-0.15, -0.1) is 0 Å². The van der Waals surface area contributed by atoms with Crippen molar-refractivity contribution in [2.75, 3.05) is 33.9 Å². The smallest absolute Gasteiger partial charge is 0.240 e. The molecule has 5 nitrogen and oxygen atoms in total. The van der Waals surface area contributed by atoms with Gasteiger partial charge in [-0.2, -0.15) is 0 Å². The highest BCUT2D eigenvalue weighted by atomic mass is 16.5. The average molecular weight is 243 g/mol. The zero-order valence-corrected chi connectivity index (χ0v) is 11.2. The summed E-state index contributed by atoms with van der Waals surface area (Å²) in [5, 5.41) is 3.00. The highest BCUT2D eigenvalue weighted by Crippen LogP contribution is 2.18. The maximum Gasteiger partial charge on any atom is 0.240 e. The Bertz CT molecular complexity index is 250. The first-order valence-corrected chi connectivity index (χ1v) is 6.26. The van der Waals surface area contributed by atoms with Gasteiger partial charge in [0.1, 0.15) is 0 Å². The van der Waals surface area contributed by atoms with Crippen molar-refractivity contribution in [3.05, 3.63) is 0 Å². The monoisotopic (exact) mass is 243 g/mol. The van der Waals surface area contributed by atoms with Crippen LogP contribution in [0.15, 0.2) is 0 Å². The van der Waals surface area contributed by atoms with E-state index in [9.17, 15) is 4.79 Å². The minimum absolute atomic E-state index is 0.0351. The van der Waals surface area contributed by atoms with Crippen LogP contribution < -0.4 is 11.1 Å². The van der Waals surface area contributed by atoms with Crippen molar-refractivity contribution in [3.8, 4) is 0 Å². The van der Waals surface area contributed by atoms with Gasteiger partial charge in [0.15, 0.2) is 0 Å². The standard InChI is InChI=1S/C12H25N3O2/c1-10(4-7-15(2)3)14-11(16)12(13)5-8-17-9-6-12/h10H,4-9,13H2,1-3H3,(H,14,16). The molecule has 1 unspecified atom stereocenters. The minimum atomic E-state index is -0.732. The Labute approximate surface area is 104 Å². The van der Waals surface area contributed by atoms with Crippen molar-refractivity contribution in [1.82, 2.24) is 10.2 Å². The highest BCUT2D eigenvalue weighted by molar-refractivity contribution is 5.86. The molecule has 1 rings (SSSR count). The number of rotatable bonds is 5. The third-order valence-electron chi connectivity index (χ3n) is 3.22. The third kappa shape index (κ3) is 4.61. The SMILES string of the molecule is CC(CCN(C)C)NC(=O)C1(N)CCOCC1. The number of ether oxygens (including phenoxy) is 1. The Morgan fingerprint density at radius 3 is 2.59 bits per heavy atom. The molecule has 1 amide bonds. The highest BCUT2D eigenvalue weighted by Gasteiger charge is 2.36. The normalized spacial score (nSPS) is 21.2. The van der Waals surface area contributed by atoms with Gasteiger partial charge in [0.25, 0.3) is 0 Å². The maximum absolute atomic E-state index is 12.1. The van der Waals surface area contributed by atoms with Crippen molar-refractivity contribution >= 4 is 5.91 Å². The molecule has 1 aliphatic rings. The number of carbonyl (C=O) groups is 1. The number of nitrogens with two attached hydrogens (primary N) is 1. The van der Waals surface area contributed by atoms with E-state index in [1.807, 2.05) is 21.0 Å². The number of hydrogen-bond donors (Lipinski definition) is 2. The van der Waals surface area contributed by atoms with Gasteiger partial charge in [0, 0.05) is 19.3 Å². The number of nitrogens with zero attached hydrogens (tertiary/aromatic N) is 1. The fourth-order valence-electron chi connectivity index (χ4n) is 1.85. The molecule has 1 atom stereocenters. The van der Waals surface area contributed by atoms with Crippen LogP contribution in [0, 0.1) is 0 Å². The largest absolute Gasteiger partial charge is 0.381 e. The molecule has 0 aromatic heterocycles. The summed E-state index contributed by atoms with van der Waals surface area (Å²) in [6.07, 6.45) is 2.16. The zero-order valence-electron chi connectivity index (χ0n) is 11.2. The second kappa shape index (κ2) is 6.33. The Morgan fingerprint density at radius 2 is 2.06 bits per heavy atom. The van der Waals surface area contributed by atoms with E-state index in [1.54, 1.807) is 0 Å². The van der Waals surface area contributed by atoms with Crippen LogP contribution in [-0.2, 0) is 9.53 Å². The molecule has 17 heavy (non-hydrogen) atoms. The summed E-state index contributed by atoms with van der Waals surface area (Å²) in [6, 6.07) is 0.160. The Kier molecular flexibility index (Phi) is 5.36. The molecule has 1 aliphatic heterocycles. The molecule has 0 radical (unpaired) electrons. The van der Waals surface area contributed by atoms with E-state index in [0.29, 0.717) is 26.1 Å². The molecule has 0 bridgehead atoms. The van der Waals surface area contributed by atoms with E-state index in [-0.39, 0.29) is 11.9 Å². The number of hydrogen-bond acceptors (Lipinski definition) is 4. The third-order valence-corrected chi connectivity index (χ3v) is 3.22. The molecular formula is C12H25N3O2. The summed E-state index contributed by atoms with van der Waals surface area (Å²) < 4.78 is 5.23. The summed E-state index contributed by atoms with van der Waals surface area (Å²) in [6.45, 7) is 4.14. The summed E-state index contributed by atoms with van der Waals surface area (Å²) in [5.74, 6) is -0.0351. The molecule has 1 heterocycles. The van der Waals surface area contributed by atoms with E-state index in [0.717, 1.165) is 13.0 Å². The van der Waals surface area contributed by atoms with E-state index in [4.69, 9.17) is 10.5 Å². The van der Waals surface area contributed by atoms with Crippen LogP contribution in [-0.4, -0.2) is 56.2 Å². The average Bonchev–Trinajstić information content (AvgIpc) is 2.27. The number of amides is 1. The lowest BCUT2D eigenvalue weighted by atomic mass is 9.90. The summed E-state index contributed by atoms with van der Waals surface area (Å²) in [4.78, 5) is 14.2. The fourth-order valence-corrected chi connectivity index (χ4v) is 1.85. The molecule has 0 aromatic carbocycles. The van der Waals surface area contributed by atoms with Crippen LogP contribution in [0.1, 0.15) is 26.2 Å². The first-order chi connectivity index (χ1) is 7.94. The molecule has 0 spiro atoms. The van der Waals surface area contributed by atoms with Crippen LogP contribution in [0.4, 0.5) is 0 Å². The van der Waals surface area contributed by atoms with Crippen molar-refractivity contribution in [1.29, 1.82) is 0 Å². The van der Waals surface area contributed by atoms with Crippen LogP contribution in [0.25, 0.3) is 0 Å². The van der Waals surface area contributed by atoms with Gasteiger partial charge in [-0.1, -0.05) is 0 Å². The van der Waals surface area contributed by atoms with Gasteiger partial charge < -0.3 is 20.7 Å². The van der Waals surface area contributed by atoms with Crippen LogP contribution in [0.5, 0.6) is 0 Å².